The number of rotatable bonds is 3. The highest BCUT2D eigenvalue weighted by molar-refractivity contribution is 6.32. The van der Waals surface area contributed by atoms with Crippen LogP contribution in [0.5, 0.6) is 0 Å². The average Bonchev–Trinajstić information content (AvgIpc) is 3.17. The van der Waals surface area contributed by atoms with Gasteiger partial charge in [0.15, 0.2) is 5.15 Å². The minimum absolute atomic E-state index is 0.245. The van der Waals surface area contributed by atoms with Crippen molar-refractivity contribution in [2.75, 3.05) is 36.4 Å². The number of hydrogen-bond donors (Lipinski definition) is 3. The second-order valence-electron chi connectivity index (χ2n) is 6.97. The third-order valence-electron chi connectivity index (χ3n) is 4.52. The van der Waals surface area contributed by atoms with Gasteiger partial charge in [-0.25, -0.2) is 14.3 Å². The SMILES string of the molecule is Cn1cc(NC(=O)c2ccc3cnc(N4CCCNCC4)nn23)c(Cl)n1.O=C(O)C(F)(F)F. The van der Waals surface area contributed by atoms with Gasteiger partial charge in [-0.2, -0.15) is 18.3 Å². The first-order valence-electron chi connectivity index (χ1n) is 9.67. The second-order valence-corrected chi connectivity index (χ2v) is 7.33. The number of aryl methyl sites for hydroxylation is 1. The van der Waals surface area contributed by atoms with Crippen molar-refractivity contribution in [1.29, 1.82) is 0 Å². The van der Waals surface area contributed by atoms with Crippen LogP contribution in [0.25, 0.3) is 5.52 Å². The van der Waals surface area contributed by atoms with Crippen molar-refractivity contribution < 1.29 is 27.9 Å². The zero-order valence-corrected chi connectivity index (χ0v) is 18.1. The van der Waals surface area contributed by atoms with E-state index in [1.807, 2.05) is 6.07 Å². The average molecular weight is 489 g/mol. The molecule has 0 aliphatic carbocycles. The fourth-order valence-electron chi connectivity index (χ4n) is 2.99. The molecule has 33 heavy (non-hydrogen) atoms. The molecule has 4 heterocycles. The van der Waals surface area contributed by atoms with Gasteiger partial charge in [-0.05, 0) is 25.1 Å². The monoisotopic (exact) mass is 488 g/mol. The molecule has 1 amide bonds. The summed E-state index contributed by atoms with van der Waals surface area (Å²) in [6.07, 6.45) is -0.672. The molecule has 1 aliphatic heterocycles. The standard InChI is InChI=1S/C16H19ClN8O.C2HF3O2/c1-23-10-12(14(17)21-23)20-15(26)13-4-3-11-9-19-16(22-25(11)13)24-7-2-5-18-6-8-24;3-2(4,5)1(6)7/h3-4,9-10,18H,2,5-8H2,1H3,(H,20,26);(H,6,7). The van der Waals surface area contributed by atoms with Crippen LogP contribution in [0.3, 0.4) is 0 Å². The van der Waals surface area contributed by atoms with Crippen LogP contribution < -0.4 is 15.5 Å². The Bertz CT molecular complexity index is 1140. The van der Waals surface area contributed by atoms with E-state index in [0.29, 0.717) is 17.3 Å². The van der Waals surface area contributed by atoms with Crippen molar-refractivity contribution in [1.82, 2.24) is 29.7 Å². The number of nitrogens with zero attached hydrogens (tertiary/aromatic N) is 6. The van der Waals surface area contributed by atoms with Crippen LogP contribution in [0, 0.1) is 0 Å². The predicted molar refractivity (Wildman–Crippen MR) is 113 cm³/mol. The molecular weight excluding hydrogens is 469 g/mol. The lowest BCUT2D eigenvalue weighted by Crippen LogP contribution is -2.30. The van der Waals surface area contributed by atoms with Crippen LogP contribution in [-0.4, -0.2) is 73.7 Å². The number of amides is 1. The number of nitrogens with one attached hydrogen (secondary N) is 2. The van der Waals surface area contributed by atoms with Gasteiger partial charge < -0.3 is 20.6 Å². The summed E-state index contributed by atoms with van der Waals surface area (Å²) in [5, 5.41) is 22.1. The quantitative estimate of drug-likeness (QED) is 0.509. The largest absolute Gasteiger partial charge is 0.490 e. The highest BCUT2D eigenvalue weighted by atomic mass is 35.5. The molecule has 3 aromatic rings. The predicted octanol–water partition coefficient (Wildman–Crippen LogP) is 1.80. The zero-order valence-electron chi connectivity index (χ0n) is 17.3. The van der Waals surface area contributed by atoms with E-state index in [0.717, 1.165) is 38.1 Å². The molecule has 1 fully saturated rings. The van der Waals surface area contributed by atoms with E-state index in [9.17, 15) is 18.0 Å². The summed E-state index contributed by atoms with van der Waals surface area (Å²) >= 11 is 6.02. The molecule has 3 N–H and O–H groups in total. The molecule has 0 radical (unpaired) electrons. The molecule has 178 valence electrons. The Hall–Kier alpha value is -3.39. The van der Waals surface area contributed by atoms with Gasteiger partial charge in [-0.15, -0.1) is 5.10 Å². The number of carboxylic acids is 1. The number of carbonyl (C=O) groups excluding carboxylic acids is 1. The molecule has 0 spiro atoms. The lowest BCUT2D eigenvalue weighted by atomic mass is 10.4. The number of hydrogen-bond acceptors (Lipinski definition) is 7. The number of carbonyl (C=O) groups is 2. The maximum Gasteiger partial charge on any atom is 0.490 e. The molecule has 0 saturated carbocycles. The van der Waals surface area contributed by atoms with Crippen molar-refractivity contribution in [3.8, 4) is 0 Å². The number of alkyl halides is 3. The zero-order chi connectivity index (χ0) is 24.2. The summed E-state index contributed by atoms with van der Waals surface area (Å²) in [7, 11) is 1.74. The second kappa shape index (κ2) is 10.0. The Balaban J connectivity index is 0.000000383. The number of aliphatic carboxylic acids is 1. The summed E-state index contributed by atoms with van der Waals surface area (Å²) in [5.41, 5.74) is 1.63. The summed E-state index contributed by atoms with van der Waals surface area (Å²) in [6, 6.07) is 3.53. The maximum absolute atomic E-state index is 12.7. The molecule has 3 aromatic heterocycles. The Kier molecular flexibility index (Phi) is 7.38. The third kappa shape index (κ3) is 6.10. The number of anilines is 2. The van der Waals surface area contributed by atoms with Gasteiger partial charge in [-0.3, -0.25) is 9.48 Å². The molecule has 1 aliphatic rings. The smallest absolute Gasteiger partial charge is 0.475 e. The molecule has 1 saturated heterocycles. The summed E-state index contributed by atoms with van der Waals surface area (Å²) in [4.78, 5) is 28.1. The highest BCUT2D eigenvalue weighted by Gasteiger charge is 2.38. The van der Waals surface area contributed by atoms with Crippen LogP contribution in [0.2, 0.25) is 5.15 Å². The van der Waals surface area contributed by atoms with E-state index in [-0.39, 0.29) is 11.1 Å². The first-order valence-corrected chi connectivity index (χ1v) is 10.0. The Morgan fingerprint density at radius 3 is 2.58 bits per heavy atom. The molecular formula is C18H20ClF3N8O3. The van der Waals surface area contributed by atoms with Gasteiger partial charge in [0.2, 0.25) is 5.95 Å². The lowest BCUT2D eigenvalue weighted by Gasteiger charge is -2.19. The van der Waals surface area contributed by atoms with Crippen molar-refractivity contribution in [3.05, 3.63) is 35.4 Å². The fraction of sp³-hybridized carbons (Fsp3) is 0.389. The van der Waals surface area contributed by atoms with Gasteiger partial charge in [0.1, 0.15) is 5.69 Å². The van der Waals surface area contributed by atoms with Crippen LogP contribution in [0.1, 0.15) is 16.9 Å². The van der Waals surface area contributed by atoms with E-state index in [1.165, 1.54) is 0 Å². The fourth-order valence-corrected chi connectivity index (χ4v) is 3.20. The van der Waals surface area contributed by atoms with E-state index in [1.54, 1.807) is 34.7 Å². The minimum Gasteiger partial charge on any atom is -0.475 e. The number of fused-ring (bicyclic) bond motifs is 1. The molecule has 4 rings (SSSR count). The number of aromatic nitrogens is 5. The Morgan fingerprint density at radius 2 is 1.94 bits per heavy atom. The van der Waals surface area contributed by atoms with Gasteiger partial charge >= 0.3 is 12.1 Å². The van der Waals surface area contributed by atoms with Crippen LogP contribution in [0.4, 0.5) is 24.8 Å². The minimum atomic E-state index is -5.08. The third-order valence-corrected chi connectivity index (χ3v) is 4.80. The van der Waals surface area contributed by atoms with Crippen LogP contribution in [0.15, 0.2) is 24.5 Å². The lowest BCUT2D eigenvalue weighted by molar-refractivity contribution is -0.192. The Morgan fingerprint density at radius 1 is 1.21 bits per heavy atom. The van der Waals surface area contributed by atoms with Gasteiger partial charge in [0.25, 0.3) is 5.91 Å². The molecule has 15 heteroatoms. The number of halogens is 4. The van der Waals surface area contributed by atoms with Crippen molar-refractivity contribution >= 4 is 40.6 Å². The van der Waals surface area contributed by atoms with E-state index in [4.69, 9.17) is 21.5 Å². The van der Waals surface area contributed by atoms with E-state index >= 15 is 0 Å². The van der Waals surface area contributed by atoms with E-state index < -0.39 is 12.1 Å². The summed E-state index contributed by atoms with van der Waals surface area (Å²) < 4.78 is 34.9. The first kappa shape index (κ1) is 24.3. The molecule has 0 bridgehead atoms. The van der Waals surface area contributed by atoms with Crippen molar-refractivity contribution in [2.24, 2.45) is 7.05 Å². The van der Waals surface area contributed by atoms with Crippen LogP contribution >= 0.6 is 11.6 Å². The summed E-state index contributed by atoms with van der Waals surface area (Å²) in [6.45, 7) is 3.59. The maximum atomic E-state index is 12.7. The van der Waals surface area contributed by atoms with Gasteiger partial charge in [-0.1, -0.05) is 11.6 Å². The van der Waals surface area contributed by atoms with E-state index in [2.05, 4.69) is 30.7 Å². The summed E-state index contributed by atoms with van der Waals surface area (Å²) in [5.74, 6) is -2.44. The Labute approximate surface area is 190 Å². The van der Waals surface area contributed by atoms with Crippen molar-refractivity contribution in [3.63, 3.8) is 0 Å². The topological polar surface area (TPSA) is 130 Å². The molecule has 0 unspecified atom stereocenters. The van der Waals surface area contributed by atoms with Crippen molar-refractivity contribution in [2.45, 2.75) is 12.6 Å². The highest BCUT2D eigenvalue weighted by Crippen LogP contribution is 2.20. The van der Waals surface area contributed by atoms with Gasteiger partial charge in [0, 0.05) is 32.9 Å². The van der Waals surface area contributed by atoms with Gasteiger partial charge in [0.05, 0.1) is 17.4 Å². The normalized spacial score (nSPS) is 14.4. The molecule has 0 atom stereocenters. The van der Waals surface area contributed by atoms with Crippen LogP contribution in [-0.2, 0) is 11.8 Å². The first-order chi connectivity index (χ1) is 15.6. The molecule has 0 aromatic carbocycles. The number of carboxylic acid groups (broad SMARTS) is 1. The molecule has 11 nitrogen and oxygen atoms in total.